The highest BCUT2D eigenvalue weighted by Crippen LogP contribution is 2.30. The molecule has 1 aliphatic rings. The topological polar surface area (TPSA) is 39.7 Å². The predicted octanol–water partition coefficient (Wildman–Crippen LogP) is 1.97. The third-order valence-corrected chi connectivity index (χ3v) is 2.93. The van der Waals surface area contributed by atoms with Crippen LogP contribution in [0.2, 0.25) is 0 Å². The molecule has 0 saturated heterocycles. The molecule has 0 aliphatic carbocycles. The Morgan fingerprint density at radius 1 is 1.53 bits per heavy atom. The fourth-order valence-corrected chi connectivity index (χ4v) is 1.96. The van der Waals surface area contributed by atoms with Gasteiger partial charge in [-0.3, -0.25) is 0 Å². The average Bonchev–Trinajstić information content (AvgIpc) is 2.26. The van der Waals surface area contributed by atoms with Gasteiger partial charge in [0, 0.05) is 16.6 Å². The standard InChI is InChI=1S/C10H12BrNO3/c1-13-12-4-7-3-10-8(2-9(7)11)5-14-6-15-10/h2-3,12H,4-6H2,1H3. The van der Waals surface area contributed by atoms with E-state index in [1.807, 2.05) is 12.1 Å². The molecule has 0 atom stereocenters. The fourth-order valence-electron chi connectivity index (χ4n) is 1.43. The SMILES string of the molecule is CONCc1cc2c(cc1Br)COCO2. The zero-order chi connectivity index (χ0) is 10.7. The maximum atomic E-state index is 5.39. The summed E-state index contributed by atoms with van der Waals surface area (Å²) < 4.78 is 11.6. The molecule has 82 valence electrons. The van der Waals surface area contributed by atoms with Crippen molar-refractivity contribution in [1.29, 1.82) is 0 Å². The second-order valence-electron chi connectivity index (χ2n) is 3.19. The first-order valence-corrected chi connectivity index (χ1v) is 5.38. The van der Waals surface area contributed by atoms with Crippen LogP contribution in [0.5, 0.6) is 5.75 Å². The summed E-state index contributed by atoms with van der Waals surface area (Å²) in [7, 11) is 1.59. The molecule has 0 bridgehead atoms. The van der Waals surface area contributed by atoms with E-state index in [-0.39, 0.29) is 0 Å². The fraction of sp³-hybridized carbons (Fsp3) is 0.400. The van der Waals surface area contributed by atoms with Gasteiger partial charge in [-0.05, 0) is 17.7 Å². The molecule has 1 heterocycles. The van der Waals surface area contributed by atoms with Gasteiger partial charge in [0.2, 0.25) is 0 Å². The molecule has 1 aromatic carbocycles. The summed E-state index contributed by atoms with van der Waals surface area (Å²) in [6.45, 7) is 1.56. The van der Waals surface area contributed by atoms with Crippen molar-refractivity contribution in [2.45, 2.75) is 13.2 Å². The summed E-state index contributed by atoms with van der Waals surface area (Å²) in [5, 5.41) is 0. The summed E-state index contributed by atoms with van der Waals surface area (Å²) in [4.78, 5) is 4.81. The molecular formula is C10H12BrNO3. The van der Waals surface area contributed by atoms with E-state index >= 15 is 0 Å². The number of rotatable bonds is 3. The lowest BCUT2D eigenvalue weighted by Gasteiger charge is -2.19. The lowest BCUT2D eigenvalue weighted by atomic mass is 10.1. The van der Waals surface area contributed by atoms with Crippen LogP contribution in [0.1, 0.15) is 11.1 Å². The van der Waals surface area contributed by atoms with Crippen LogP contribution in [0.3, 0.4) is 0 Å². The highest BCUT2D eigenvalue weighted by molar-refractivity contribution is 9.10. The highest BCUT2D eigenvalue weighted by Gasteiger charge is 2.13. The summed E-state index contributed by atoms with van der Waals surface area (Å²) in [5.41, 5.74) is 4.95. The summed E-state index contributed by atoms with van der Waals surface area (Å²) in [5.74, 6) is 0.886. The van der Waals surface area contributed by atoms with Crippen LogP contribution in [0.15, 0.2) is 16.6 Å². The van der Waals surface area contributed by atoms with Gasteiger partial charge in [0.25, 0.3) is 0 Å². The zero-order valence-electron chi connectivity index (χ0n) is 8.38. The molecule has 1 aliphatic heterocycles. The van der Waals surface area contributed by atoms with Gasteiger partial charge in [-0.25, -0.2) is 0 Å². The van der Waals surface area contributed by atoms with Crippen molar-refractivity contribution in [2.24, 2.45) is 0 Å². The van der Waals surface area contributed by atoms with Crippen molar-refractivity contribution in [2.75, 3.05) is 13.9 Å². The maximum absolute atomic E-state index is 5.39. The second kappa shape index (κ2) is 4.94. The van der Waals surface area contributed by atoms with E-state index < -0.39 is 0 Å². The normalized spacial score (nSPS) is 14.5. The van der Waals surface area contributed by atoms with E-state index in [0.717, 1.165) is 21.3 Å². The Hall–Kier alpha value is -0.620. The first-order valence-electron chi connectivity index (χ1n) is 4.59. The van der Waals surface area contributed by atoms with E-state index in [1.165, 1.54) is 0 Å². The Balaban J connectivity index is 2.24. The molecule has 0 fully saturated rings. The smallest absolute Gasteiger partial charge is 0.189 e. The van der Waals surface area contributed by atoms with Crippen LogP contribution < -0.4 is 10.2 Å². The molecule has 0 spiro atoms. The number of hydrogen-bond acceptors (Lipinski definition) is 4. The third kappa shape index (κ3) is 2.49. The highest BCUT2D eigenvalue weighted by atomic mass is 79.9. The molecule has 15 heavy (non-hydrogen) atoms. The van der Waals surface area contributed by atoms with Gasteiger partial charge in [0.1, 0.15) is 5.75 Å². The maximum Gasteiger partial charge on any atom is 0.189 e. The Morgan fingerprint density at radius 3 is 3.20 bits per heavy atom. The monoisotopic (exact) mass is 273 g/mol. The van der Waals surface area contributed by atoms with E-state index in [2.05, 4.69) is 21.4 Å². The van der Waals surface area contributed by atoms with Crippen LogP contribution in [-0.4, -0.2) is 13.9 Å². The third-order valence-electron chi connectivity index (χ3n) is 2.19. The van der Waals surface area contributed by atoms with Gasteiger partial charge >= 0.3 is 0 Å². The molecule has 1 aromatic rings. The predicted molar refractivity (Wildman–Crippen MR) is 58.3 cm³/mol. The number of hydroxylamine groups is 1. The molecular weight excluding hydrogens is 262 g/mol. The van der Waals surface area contributed by atoms with Gasteiger partial charge in [0.15, 0.2) is 6.79 Å². The first-order chi connectivity index (χ1) is 7.31. The molecule has 2 rings (SSSR count). The number of halogens is 1. The van der Waals surface area contributed by atoms with Gasteiger partial charge < -0.3 is 14.3 Å². The van der Waals surface area contributed by atoms with Crippen LogP contribution in [0.25, 0.3) is 0 Å². The van der Waals surface area contributed by atoms with Crippen molar-refractivity contribution in [3.63, 3.8) is 0 Å². The number of hydrogen-bond donors (Lipinski definition) is 1. The average molecular weight is 274 g/mol. The van der Waals surface area contributed by atoms with E-state index in [4.69, 9.17) is 14.3 Å². The lowest BCUT2D eigenvalue weighted by molar-refractivity contribution is -0.0165. The van der Waals surface area contributed by atoms with E-state index in [9.17, 15) is 0 Å². The molecule has 4 nitrogen and oxygen atoms in total. The molecule has 0 unspecified atom stereocenters. The number of ether oxygens (including phenoxy) is 2. The minimum absolute atomic E-state index is 0.325. The van der Waals surface area contributed by atoms with Crippen LogP contribution in [0.4, 0.5) is 0 Å². The molecule has 1 N–H and O–H groups in total. The number of fused-ring (bicyclic) bond motifs is 1. The van der Waals surface area contributed by atoms with Gasteiger partial charge in [0.05, 0.1) is 13.7 Å². The van der Waals surface area contributed by atoms with Crippen LogP contribution in [-0.2, 0) is 22.7 Å². The molecule has 0 saturated carbocycles. The molecule has 0 radical (unpaired) electrons. The molecule has 0 aromatic heterocycles. The molecule has 5 heteroatoms. The van der Waals surface area contributed by atoms with Crippen LogP contribution >= 0.6 is 15.9 Å². The summed E-state index contributed by atoms with van der Waals surface area (Å²) in [6, 6.07) is 4.01. The van der Waals surface area contributed by atoms with Gasteiger partial charge in [-0.15, -0.1) is 0 Å². The lowest BCUT2D eigenvalue weighted by Crippen LogP contribution is -2.14. The number of nitrogens with one attached hydrogen (secondary N) is 1. The quantitative estimate of drug-likeness (QED) is 0.855. The van der Waals surface area contributed by atoms with Crippen molar-refractivity contribution in [3.05, 3.63) is 27.7 Å². The van der Waals surface area contributed by atoms with E-state index in [1.54, 1.807) is 7.11 Å². The van der Waals surface area contributed by atoms with Crippen LogP contribution in [0, 0.1) is 0 Å². The number of benzene rings is 1. The minimum atomic E-state index is 0.325. The van der Waals surface area contributed by atoms with Crippen molar-refractivity contribution in [3.8, 4) is 5.75 Å². The van der Waals surface area contributed by atoms with Crippen molar-refractivity contribution < 1.29 is 14.3 Å². The molecule has 0 amide bonds. The van der Waals surface area contributed by atoms with Crippen molar-refractivity contribution >= 4 is 15.9 Å². The Labute approximate surface area is 96.6 Å². The van der Waals surface area contributed by atoms with Gasteiger partial charge in [-0.2, -0.15) is 5.48 Å². The zero-order valence-corrected chi connectivity index (χ0v) is 9.96. The summed E-state index contributed by atoms with van der Waals surface area (Å²) in [6.07, 6.45) is 0. The van der Waals surface area contributed by atoms with Crippen molar-refractivity contribution in [1.82, 2.24) is 5.48 Å². The Kier molecular flexibility index (Phi) is 3.58. The first kappa shape index (κ1) is 10.9. The Bertz CT molecular complexity index is 357. The van der Waals surface area contributed by atoms with E-state index in [0.29, 0.717) is 19.9 Å². The largest absolute Gasteiger partial charge is 0.467 e. The second-order valence-corrected chi connectivity index (χ2v) is 4.04. The minimum Gasteiger partial charge on any atom is -0.467 e. The Morgan fingerprint density at radius 2 is 2.40 bits per heavy atom. The summed E-state index contributed by atoms with van der Waals surface area (Å²) >= 11 is 3.50. The van der Waals surface area contributed by atoms with Gasteiger partial charge in [-0.1, -0.05) is 15.9 Å².